The Morgan fingerprint density at radius 3 is 2.62 bits per heavy atom. The van der Waals surface area contributed by atoms with Crippen molar-refractivity contribution in [3.05, 3.63) is 63.9 Å². The number of hydrogen-bond donors (Lipinski definition) is 1. The second-order valence-electron chi connectivity index (χ2n) is 5.08. The first-order valence-corrected chi connectivity index (χ1v) is 8.40. The number of halogens is 1. The quantitative estimate of drug-likeness (QED) is 0.781. The molecule has 0 aliphatic heterocycles. The van der Waals surface area contributed by atoms with Gasteiger partial charge in [-0.3, -0.25) is 9.59 Å². The maximum atomic E-state index is 12.0. The Bertz CT molecular complexity index is 991. The third kappa shape index (κ3) is 3.39. The summed E-state index contributed by atoms with van der Waals surface area (Å²) in [6.45, 7) is -0.182. The molecule has 5 nitrogen and oxygen atoms in total. The summed E-state index contributed by atoms with van der Waals surface area (Å²) in [6, 6.07) is 14.5. The van der Waals surface area contributed by atoms with Crippen molar-refractivity contribution in [1.82, 2.24) is 9.88 Å². The highest BCUT2D eigenvalue weighted by Crippen LogP contribution is 2.15. The molecule has 0 atom stereocenters. The van der Waals surface area contributed by atoms with Crippen LogP contribution in [0.25, 0.3) is 10.2 Å². The molecule has 24 heavy (non-hydrogen) atoms. The average Bonchev–Trinajstić information content (AvgIpc) is 2.89. The summed E-state index contributed by atoms with van der Waals surface area (Å²) >= 11 is 7.39. The lowest BCUT2D eigenvalue weighted by Crippen LogP contribution is -2.30. The topological polar surface area (TPSA) is 63.5 Å². The Morgan fingerprint density at radius 2 is 1.88 bits per heavy atom. The fourth-order valence-electron chi connectivity index (χ4n) is 2.23. The van der Waals surface area contributed by atoms with Gasteiger partial charge in [0.15, 0.2) is 4.80 Å². The molecule has 2 aromatic carbocycles. The highest BCUT2D eigenvalue weighted by molar-refractivity contribution is 7.16. The zero-order chi connectivity index (χ0) is 17.1. The van der Waals surface area contributed by atoms with E-state index in [1.165, 1.54) is 11.3 Å². The van der Waals surface area contributed by atoms with Crippen LogP contribution < -0.4 is 10.1 Å². The Labute approximate surface area is 147 Å². The summed E-state index contributed by atoms with van der Waals surface area (Å²) in [4.78, 5) is 28.7. The van der Waals surface area contributed by atoms with Crippen molar-refractivity contribution in [1.29, 1.82) is 0 Å². The van der Waals surface area contributed by atoms with Crippen molar-refractivity contribution in [3.8, 4) is 0 Å². The lowest BCUT2D eigenvalue weighted by molar-refractivity contribution is -0.117. The number of benzene rings is 2. The normalized spacial score (nSPS) is 11.7. The maximum Gasteiger partial charge on any atom is 0.267 e. The highest BCUT2D eigenvalue weighted by Gasteiger charge is 2.11. The SMILES string of the molecule is Cn1c(=NC(=O)CNC(=O)c2ccccc2Cl)sc2ccccc21. The molecule has 0 aliphatic carbocycles. The van der Waals surface area contributed by atoms with Crippen LogP contribution in [0, 0.1) is 0 Å². The molecular weight excluding hydrogens is 346 g/mol. The van der Waals surface area contributed by atoms with Gasteiger partial charge in [0.05, 0.1) is 27.3 Å². The predicted octanol–water partition coefficient (Wildman–Crippen LogP) is 2.75. The lowest BCUT2D eigenvalue weighted by Gasteiger charge is -2.04. The number of fused-ring (bicyclic) bond motifs is 1. The van der Waals surface area contributed by atoms with E-state index < -0.39 is 11.8 Å². The van der Waals surface area contributed by atoms with Gasteiger partial charge in [-0.05, 0) is 24.3 Å². The third-order valence-electron chi connectivity index (χ3n) is 3.45. The van der Waals surface area contributed by atoms with Crippen molar-refractivity contribution < 1.29 is 9.59 Å². The summed E-state index contributed by atoms with van der Waals surface area (Å²) in [7, 11) is 1.85. The molecule has 0 fully saturated rings. The smallest absolute Gasteiger partial charge is 0.267 e. The van der Waals surface area contributed by atoms with Gasteiger partial charge in [0.25, 0.3) is 11.8 Å². The van der Waals surface area contributed by atoms with Crippen molar-refractivity contribution in [3.63, 3.8) is 0 Å². The van der Waals surface area contributed by atoms with Crippen LogP contribution in [0.2, 0.25) is 5.02 Å². The van der Waals surface area contributed by atoms with E-state index in [0.29, 0.717) is 15.4 Å². The molecule has 0 unspecified atom stereocenters. The molecule has 122 valence electrons. The number of hydrogen-bond acceptors (Lipinski definition) is 3. The van der Waals surface area contributed by atoms with Gasteiger partial charge in [0.2, 0.25) is 0 Å². The highest BCUT2D eigenvalue weighted by atomic mass is 35.5. The van der Waals surface area contributed by atoms with Crippen molar-refractivity contribution in [2.75, 3.05) is 6.54 Å². The molecule has 0 aliphatic rings. The van der Waals surface area contributed by atoms with Gasteiger partial charge >= 0.3 is 0 Å². The van der Waals surface area contributed by atoms with E-state index in [9.17, 15) is 9.59 Å². The molecule has 3 rings (SSSR count). The van der Waals surface area contributed by atoms with Gasteiger partial charge < -0.3 is 9.88 Å². The van der Waals surface area contributed by atoms with Crippen LogP contribution in [0.3, 0.4) is 0 Å². The number of amides is 2. The van der Waals surface area contributed by atoms with E-state index in [0.717, 1.165) is 10.2 Å². The molecule has 3 aromatic rings. The van der Waals surface area contributed by atoms with E-state index in [4.69, 9.17) is 11.6 Å². The summed E-state index contributed by atoms with van der Waals surface area (Å²) in [5.74, 6) is -0.817. The van der Waals surface area contributed by atoms with E-state index in [-0.39, 0.29) is 6.54 Å². The largest absolute Gasteiger partial charge is 0.343 e. The molecule has 2 amide bonds. The van der Waals surface area contributed by atoms with Crippen molar-refractivity contribution in [2.24, 2.45) is 12.0 Å². The Morgan fingerprint density at radius 1 is 1.17 bits per heavy atom. The first kappa shape index (κ1) is 16.4. The van der Waals surface area contributed by atoms with Gasteiger partial charge in [0.1, 0.15) is 0 Å². The van der Waals surface area contributed by atoms with Crippen LogP contribution in [0.15, 0.2) is 53.5 Å². The maximum absolute atomic E-state index is 12.0. The minimum Gasteiger partial charge on any atom is -0.343 e. The third-order valence-corrected chi connectivity index (χ3v) is 4.90. The molecule has 0 saturated carbocycles. The molecule has 1 heterocycles. The number of carbonyl (C=O) groups is 2. The molecule has 0 radical (unpaired) electrons. The van der Waals surface area contributed by atoms with E-state index in [1.54, 1.807) is 24.3 Å². The second-order valence-corrected chi connectivity index (χ2v) is 6.50. The number of nitrogens with zero attached hydrogens (tertiary/aromatic N) is 2. The number of thiazole rings is 1. The number of rotatable bonds is 3. The first-order valence-electron chi connectivity index (χ1n) is 7.21. The van der Waals surface area contributed by atoms with Crippen LogP contribution in [0.1, 0.15) is 10.4 Å². The Hall–Kier alpha value is -2.44. The van der Waals surface area contributed by atoms with Crippen molar-refractivity contribution in [2.45, 2.75) is 0 Å². The summed E-state index contributed by atoms with van der Waals surface area (Å²) < 4.78 is 2.90. The van der Waals surface area contributed by atoms with Gasteiger partial charge in [0, 0.05) is 7.05 Å². The van der Waals surface area contributed by atoms with Crippen LogP contribution in [0.5, 0.6) is 0 Å². The molecule has 0 bridgehead atoms. The minimum atomic E-state index is -0.419. The zero-order valence-electron chi connectivity index (χ0n) is 12.8. The van der Waals surface area contributed by atoms with E-state index >= 15 is 0 Å². The van der Waals surface area contributed by atoms with E-state index in [1.807, 2.05) is 35.9 Å². The summed E-state index contributed by atoms with van der Waals surface area (Å²) in [6.07, 6.45) is 0. The van der Waals surface area contributed by atoms with Gasteiger partial charge in [-0.2, -0.15) is 4.99 Å². The van der Waals surface area contributed by atoms with Crippen LogP contribution in [0.4, 0.5) is 0 Å². The minimum absolute atomic E-state index is 0.182. The van der Waals surface area contributed by atoms with Crippen LogP contribution >= 0.6 is 22.9 Å². The Kier molecular flexibility index (Phi) is 4.78. The van der Waals surface area contributed by atoms with E-state index in [2.05, 4.69) is 10.3 Å². The molecule has 1 N–H and O–H groups in total. The average molecular weight is 360 g/mol. The zero-order valence-corrected chi connectivity index (χ0v) is 14.4. The first-order chi connectivity index (χ1) is 11.6. The number of carbonyl (C=O) groups excluding carboxylic acids is 2. The number of aryl methyl sites for hydroxylation is 1. The van der Waals surface area contributed by atoms with Gasteiger partial charge in [-0.1, -0.05) is 47.2 Å². The monoisotopic (exact) mass is 359 g/mol. The van der Waals surface area contributed by atoms with Crippen molar-refractivity contribution >= 4 is 45.0 Å². The number of nitrogens with one attached hydrogen (secondary N) is 1. The van der Waals surface area contributed by atoms with Crippen LogP contribution in [-0.2, 0) is 11.8 Å². The second kappa shape index (κ2) is 6.98. The summed E-state index contributed by atoms with van der Waals surface area (Å²) in [5, 5.41) is 2.88. The molecule has 0 spiro atoms. The summed E-state index contributed by atoms with van der Waals surface area (Å²) in [5.41, 5.74) is 1.34. The number of para-hydroxylation sites is 1. The standard InChI is InChI=1S/C17H14ClN3O2S/c1-21-13-8-4-5-9-14(13)24-17(21)20-15(22)10-19-16(23)11-6-2-3-7-12(11)18/h2-9H,10H2,1H3,(H,19,23). The molecular formula is C17H14ClN3O2S. The Balaban J connectivity index is 1.74. The molecule has 0 saturated heterocycles. The molecule has 7 heteroatoms. The molecule has 1 aromatic heterocycles. The van der Waals surface area contributed by atoms with Crippen LogP contribution in [-0.4, -0.2) is 22.9 Å². The fraction of sp³-hybridized carbons (Fsp3) is 0.118. The van der Waals surface area contributed by atoms with Gasteiger partial charge in [-0.15, -0.1) is 0 Å². The van der Waals surface area contributed by atoms with Gasteiger partial charge in [-0.25, -0.2) is 0 Å². The fourth-order valence-corrected chi connectivity index (χ4v) is 3.49. The predicted molar refractivity (Wildman–Crippen MR) is 95.2 cm³/mol. The lowest BCUT2D eigenvalue weighted by atomic mass is 10.2. The number of aromatic nitrogens is 1.